The number of hydrogen-bond donors (Lipinski definition) is 1. The third-order valence-corrected chi connectivity index (χ3v) is 8.05. The Morgan fingerprint density at radius 2 is 1.86 bits per heavy atom. The molecule has 1 N–H and O–H groups in total. The van der Waals surface area contributed by atoms with E-state index in [1.165, 1.54) is 11.0 Å². The first-order chi connectivity index (χ1) is 17.0. The predicted molar refractivity (Wildman–Crippen MR) is 133 cm³/mol. The molecule has 0 aromatic carbocycles. The molecule has 1 unspecified atom stereocenters. The summed E-state index contributed by atoms with van der Waals surface area (Å²) in [5, 5.41) is 9.76. The van der Waals surface area contributed by atoms with Crippen LogP contribution in [0.5, 0.6) is 0 Å². The van der Waals surface area contributed by atoms with Gasteiger partial charge in [0.05, 0.1) is 31.7 Å². The molecule has 2 amide bonds. The van der Waals surface area contributed by atoms with Crippen molar-refractivity contribution >= 4 is 12.0 Å². The quantitative estimate of drug-likeness (QED) is 0.291. The fraction of sp³-hybridized carbons (Fsp3) is 0.714. The van der Waals surface area contributed by atoms with Gasteiger partial charge in [0.2, 0.25) is 5.91 Å². The molecule has 2 saturated heterocycles. The first kappa shape index (κ1) is 26.5. The van der Waals surface area contributed by atoms with Gasteiger partial charge in [-0.15, -0.1) is 6.42 Å². The van der Waals surface area contributed by atoms with Crippen molar-refractivity contribution in [1.29, 1.82) is 0 Å². The largest absolute Gasteiger partial charge is 0.485 e. The summed E-state index contributed by atoms with van der Waals surface area (Å²) in [6.45, 7) is 7.69. The van der Waals surface area contributed by atoms with Gasteiger partial charge in [-0.25, -0.2) is 9.18 Å². The van der Waals surface area contributed by atoms with Crippen LogP contribution in [0.1, 0.15) is 65.7 Å². The number of β-amino-alcohol motifs (C(OH)–C–C–N with tert-alkyl or cyclic N) is 1. The molecule has 0 aromatic heterocycles. The maximum absolute atomic E-state index is 14.6. The van der Waals surface area contributed by atoms with E-state index in [-0.39, 0.29) is 48.4 Å². The van der Waals surface area contributed by atoms with E-state index in [1.807, 2.05) is 11.8 Å². The summed E-state index contributed by atoms with van der Waals surface area (Å²) < 4.78 is 25.8. The smallest absolute Gasteiger partial charge is 0.410 e. The molecule has 198 valence electrons. The predicted octanol–water partition coefficient (Wildman–Crippen LogP) is 4.17. The fourth-order valence-electron chi connectivity index (χ4n) is 5.30. The van der Waals surface area contributed by atoms with Crippen molar-refractivity contribution in [3.05, 3.63) is 23.2 Å². The highest BCUT2D eigenvalue weighted by atomic mass is 19.1. The van der Waals surface area contributed by atoms with Gasteiger partial charge in [-0.1, -0.05) is 0 Å². The zero-order valence-electron chi connectivity index (χ0n) is 21.7. The van der Waals surface area contributed by atoms with Crippen LogP contribution in [0.25, 0.3) is 0 Å². The monoisotopic (exact) mass is 502 g/mol. The lowest BCUT2D eigenvalue weighted by atomic mass is 9.91. The minimum absolute atomic E-state index is 0.0596. The third-order valence-electron chi connectivity index (χ3n) is 8.05. The molecule has 2 saturated carbocycles. The highest BCUT2D eigenvalue weighted by molar-refractivity contribution is 5.80. The Kier molecular flexibility index (Phi) is 7.70. The van der Waals surface area contributed by atoms with Gasteiger partial charge in [0, 0.05) is 19.2 Å². The average Bonchev–Trinajstić information content (AvgIpc) is 3.74. The third kappa shape index (κ3) is 6.82. The molecular weight excluding hydrogens is 463 g/mol. The molecule has 8 heteroatoms. The lowest BCUT2D eigenvalue weighted by Gasteiger charge is -2.44. The summed E-state index contributed by atoms with van der Waals surface area (Å²) in [7, 11) is 0. The number of amides is 2. The molecule has 0 spiro atoms. The highest BCUT2D eigenvalue weighted by Crippen LogP contribution is 2.50. The number of terminal acetylenes is 1. The highest BCUT2D eigenvalue weighted by Gasteiger charge is 2.45. The van der Waals surface area contributed by atoms with E-state index in [0.29, 0.717) is 24.4 Å². The summed E-state index contributed by atoms with van der Waals surface area (Å²) >= 11 is 0. The van der Waals surface area contributed by atoms with Crippen LogP contribution >= 0.6 is 0 Å². The van der Waals surface area contributed by atoms with Crippen molar-refractivity contribution in [1.82, 2.24) is 9.80 Å². The SMILES string of the molecule is C#C/C(=C\C(F)=C(/C)CC(=O)N1CC(C)(O)C1)OCCC1C[C@@H]1C1CCN(C(=O)OC2(C)CC2)CC1. The normalized spacial score (nSPS) is 27.4. The number of rotatable bonds is 9. The van der Waals surface area contributed by atoms with E-state index >= 15 is 0 Å². The van der Waals surface area contributed by atoms with Crippen molar-refractivity contribution in [2.24, 2.45) is 17.8 Å². The lowest BCUT2D eigenvalue weighted by molar-refractivity contribution is -0.151. The van der Waals surface area contributed by atoms with Gasteiger partial charge >= 0.3 is 6.09 Å². The molecule has 2 atom stereocenters. The van der Waals surface area contributed by atoms with Crippen molar-refractivity contribution in [2.45, 2.75) is 76.9 Å². The second-order valence-corrected chi connectivity index (χ2v) is 11.6. The van der Waals surface area contributed by atoms with Gasteiger partial charge in [0.25, 0.3) is 0 Å². The Morgan fingerprint density at radius 3 is 2.44 bits per heavy atom. The fourth-order valence-corrected chi connectivity index (χ4v) is 5.30. The first-order valence-electron chi connectivity index (χ1n) is 13.1. The molecule has 4 fully saturated rings. The van der Waals surface area contributed by atoms with Crippen molar-refractivity contribution < 1.29 is 28.6 Å². The summed E-state index contributed by atoms with van der Waals surface area (Å²) in [5.74, 6) is 3.58. The molecule has 2 aliphatic heterocycles. The van der Waals surface area contributed by atoms with Gasteiger partial charge in [0.1, 0.15) is 11.4 Å². The van der Waals surface area contributed by atoms with Crippen LogP contribution in [-0.2, 0) is 14.3 Å². The van der Waals surface area contributed by atoms with Crippen LogP contribution in [0.15, 0.2) is 23.2 Å². The molecule has 2 heterocycles. The van der Waals surface area contributed by atoms with E-state index in [2.05, 4.69) is 5.92 Å². The van der Waals surface area contributed by atoms with Gasteiger partial charge in [-0.2, -0.15) is 0 Å². The number of carbonyl (C=O) groups excluding carboxylic acids is 2. The van der Waals surface area contributed by atoms with Crippen LogP contribution in [-0.4, -0.2) is 70.9 Å². The zero-order valence-corrected chi connectivity index (χ0v) is 21.7. The van der Waals surface area contributed by atoms with E-state index in [4.69, 9.17) is 15.9 Å². The van der Waals surface area contributed by atoms with E-state index < -0.39 is 11.4 Å². The van der Waals surface area contributed by atoms with Crippen molar-refractivity contribution in [3.8, 4) is 12.3 Å². The van der Waals surface area contributed by atoms with Crippen molar-refractivity contribution in [2.75, 3.05) is 32.8 Å². The van der Waals surface area contributed by atoms with Crippen LogP contribution < -0.4 is 0 Å². The van der Waals surface area contributed by atoms with Crippen molar-refractivity contribution in [3.63, 3.8) is 0 Å². The minimum Gasteiger partial charge on any atom is -0.485 e. The molecule has 4 rings (SSSR count). The maximum atomic E-state index is 14.6. The second-order valence-electron chi connectivity index (χ2n) is 11.6. The summed E-state index contributed by atoms with van der Waals surface area (Å²) in [4.78, 5) is 27.8. The number of aliphatic hydroxyl groups is 1. The molecule has 0 radical (unpaired) electrons. The molecule has 7 nitrogen and oxygen atoms in total. The maximum Gasteiger partial charge on any atom is 0.410 e. The molecular formula is C28H39FN2O5. The number of halogens is 1. The van der Waals surface area contributed by atoms with Gasteiger partial charge in [-0.3, -0.25) is 4.79 Å². The van der Waals surface area contributed by atoms with E-state index in [1.54, 1.807) is 13.8 Å². The standard InChI is InChI=1S/C28H39FN2O5/c1-5-22(16-24(29)19(2)14-25(32)31-17-27(3,34)18-31)35-13-8-21-15-23(21)20-6-11-30(12-7-20)26(33)36-28(4)9-10-28/h1,16,20-21,23,34H,6-15,17-18H2,2-4H3/b22-16+,24-19-/t21?,23-/m1/s1. The molecule has 4 aliphatic rings. The van der Waals surface area contributed by atoms with Gasteiger partial charge < -0.3 is 24.4 Å². The Balaban J connectivity index is 1.15. The molecule has 2 aliphatic carbocycles. The molecule has 0 bridgehead atoms. The first-order valence-corrected chi connectivity index (χ1v) is 13.1. The zero-order chi connectivity index (χ0) is 26.1. The van der Waals surface area contributed by atoms with E-state index in [0.717, 1.165) is 51.6 Å². The Hall–Kier alpha value is -2.53. The Bertz CT molecular complexity index is 961. The minimum atomic E-state index is -0.851. The van der Waals surface area contributed by atoms with Crippen LogP contribution in [0.4, 0.5) is 9.18 Å². The summed E-state index contributed by atoms with van der Waals surface area (Å²) in [5.41, 5.74) is -0.796. The topological polar surface area (TPSA) is 79.3 Å². The number of ether oxygens (including phenoxy) is 2. The summed E-state index contributed by atoms with van der Waals surface area (Å²) in [6, 6.07) is 0. The van der Waals surface area contributed by atoms with Gasteiger partial charge in [-0.05, 0) is 88.5 Å². The average molecular weight is 503 g/mol. The summed E-state index contributed by atoms with van der Waals surface area (Å²) in [6.07, 6.45) is 12.4. The Morgan fingerprint density at radius 1 is 1.19 bits per heavy atom. The number of nitrogens with zero attached hydrogens (tertiary/aromatic N) is 2. The lowest BCUT2D eigenvalue weighted by Crippen LogP contribution is -2.61. The van der Waals surface area contributed by atoms with Crippen LogP contribution in [0.2, 0.25) is 0 Å². The molecule has 0 aromatic rings. The number of hydrogen-bond acceptors (Lipinski definition) is 5. The van der Waals surface area contributed by atoms with Crippen LogP contribution in [0, 0.1) is 30.1 Å². The van der Waals surface area contributed by atoms with E-state index in [9.17, 15) is 19.1 Å². The Labute approximate surface area is 213 Å². The van der Waals surface area contributed by atoms with Crippen LogP contribution in [0.3, 0.4) is 0 Å². The number of piperidine rings is 1. The molecule has 36 heavy (non-hydrogen) atoms. The number of likely N-dealkylation sites (tertiary alicyclic amines) is 2. The number of carbonyl (C=O) groups is 2. The number of allylic oxidation sites excluding steroid dienone is 3. The van der Waals surface area contributed by atoms with Gasteiger partial charge in [0.15, 0.2) is 5.76 Å². The second kappa shape index (κ2) is 10.5.